The number of aliphatic imine (C=N–C) groups is 1. The molecular weight excluding hydrogens is 248 g/mol. The van der Waals surface area contributed by atoms with Gasteiger partial charge in [0, 0.05) is 19.6 Å². The van der Waals surface area contributed by atoms with Crippen molar-refractivity contribution in [2.45, 2.75) is 63.8 Å². The van der Waals surface area contributed by atoms with E-state index in [4.69, 9.17) is 5.73 Å². The fourth-order valence-corrected chi connectivity index (χ4v) is 3.41. The van der Waals surface area contributed by atoms with Crippen LogP contribution in [-0.4, -0.2) is 55.0 Å². The van der Waals surface area contributed by atoms with Crippen LogP contribution in [0.4, 0.5) is 0 Å². The van der Waals surface area contributed by atoms with Gasteiger partial charge in [0.05, 0.1) is 0 Å². The Hall–Kier alpha value is -0.770. The van der Waals surface area contributed by atoms with Crippen LogP contribution in [0.3, 0.4) is 0 Å². The Morgan fingerprint density at radius 3 is 2.50 bits per heavy atom. The summed E-state index contributed by atoms with van der Waals surface area (Å²) < 4.78 is 0. The Balaban J connectivity index is 1.59. The van der Waals surface area contributed by atoms with Gasteiger partial charge in [0.2, 0.25) is 0 Å². The van der Waals surface area contributed by atoms with Gasteiger partial charge >= 0.3 is 0 Å². The second-order valence-corrected chi connectivity index (χ2v) is 6.40. The molecule has 1 aliphatic heterocycles. The third-order valence-electron chi connectivity index (χ3n) is 4.84. The minimum absolute atomic E-state index is 0.622. The van der Waals surface area contributed by atoms with Gasteiger partial charge in [-0.25, -0.2) is 0 Å². The van der Waals surface area contributed by atoms with Crippen molar-refractivity contribution in [3.8, 4) is 0 Å². The van der Waals surface area contributed by atoms with E-state index in [1.54, 1.807) is 0 Å². The molecule has 20 heavy (non-hydrogen) atoms. The molecule has 1 saturated heterocycles. The minimum Gasteiger partial charge on any atom is -0.370 e. The number of likely N-dealkylation sites (tertiary alicyclic amines) is 1. The van der Waals surface area contributed by atoms with E-state index in [1.807, 2.05) is 0 Å². The molecule has 2 aliphatic rings. The molecule has 2 fully saturated rings. The van der Waals surface area contributed by atoms with Gasteiger partial charge in [-0.2, -0.15) is 0 Å². The zero-order valence-corrected chi connectivity index (χ0v) is 13.2. The van der Waals surface area contributed by atoms with E-state index in [0.717, 1.165) is 18.9 Å². The quantitative estimate of drug-likeness (QED) is 0.462. The molecule has 0 atom stereocenters. The predicted molar refractivity (Wildman–Crippen MR) is 86.0 cm³/mol. The molecule has 4 heteroatoms. The summed E-state index contributed by atoms with van der Waals surface area (Å²) in [4.78, 5) is 9.34. The Kier molecular flexibility index (Phi) is 6.64. The summed E-state index contributed by atoms with van der Waals surface area (Å²) in [6.07, 6.45) is 11.8. The van der Waals surface area contributed by atoms with Gasteiger partial charge in [-0.1, -0.05) is 19.3 Å². The van der Waals surface area contributed by atoms with Gasteiger partial charge in [0.15, 0.2) is 5.96 Å². The van der Waals surface area contributed by atoms with E-state index in [2.05, 4.69) is 21.8 Å². The van der Waals surface area contributed by atoms with E-state index >= 15 is 0 Å². The zero-order valence-electron chi connectivity index (χ0n) is 13.2. The zero-order chi connectivity index (χ0) is 14.2. The summed E-state index contributed by atoms with van der Waals surface area (Å²) >= 11 is 0. The van der Waals surface area contributed by atoms with E-state index in [-0.39, 0.29) is 0 Å². The molecular formula is C16H32N4. The number of unbranched alkanes of at least 4 members (excludes halogenated alkanes) is 1. The van der Waals surface area contributed by atoms with Gasteiger partial charge < -0.3 is 15.5 Å². The summed E-state index contributed by atoms with van der Waals surface area (Å²) in [5.74, 6) is 0.748. The van der Waals surface area contributed by atoms with E-state index in [9.17, 15) is 0 Å². The van der Waals surface area contributed by atoms with Gasteiger partial charge in [-0.05, 0) is 58.2 Å². The first-order valence-electron chi connectivity index (χ1n) is 8.52. The van der Waals surface area contributed by atoms with Gasteiger partial charge in [0.1, 0.15) is 0 Å². The SMILES string of the molecule is CN(C(N)=NCCCCN1CCCC1)C1CCCCC1. The molecule has 116 valence electrons. The fourth-order valence-electron chi connectivity index (χ4n) is 3.41. The van der Waals surface area contributed by atoms with Crippen molar-refractivity contribution in [1.29, 1.82) is 0 Å². The highest BCUT2D eigenvalue weighted by Crippen LogP contribution is 2.21. The average Bonchev–Trinajstić information content (AvgIpc) is 3.00. The van der Waals surface area contributed by atoms with Gasteiger partial charge in [-0.3, -0.25) is 4.99 Å². The highest BCUT2D eigenvalue weighted by Gasteiger charge is 2.19. The Labute approximate surface area is 124 Å². The molecule has 0 bridgehead atoms. The lowest BCUT2D eigenvalue weighted by molar-refractivity contribution is 0.275. The molecule has 0 aromatic heterocycles. The average molecular weight is 280 g/mol. The van der Waals surface area contributed by atoms with Crippen LogP contribution in [0.2, 0.25) is 0 Å². The molecule has 0 aromatic carbocycles. The highest BCUT2D eigenvalue weighted by atomic mass is 15.3. The summed E-state index contributed by atoms with van der Waals surface area (Å²) in [6, 6.07) is 0.622. The maximum atomic E-state index is 6.12. The van der Waals surface area contributed by atoms with Crippen molar-refractivity contribution < 1.29 is 0 Å². The van der Waals surface area contributed by atoms with Crippen molar-refractivity contribution in [1.82, 2.24) is 9.80 Å². The number of guanidine groups is 1. The predicted octanol–water partition coefficient (Wildman–Crippen LogP) is 2.44. The van der Waals surface area contributed by atoms with Crippen molar-refractivity contribution >= 4 is 5.96 Å². The fraction of sp³-hybridized carbons (Fsp3) is 0.938. The van der Waals surface area contributed by atoms with Crippen LogP contribution in [0, 0.1) is 0 Å². The Bertz CT molecular complexity index is 291. The maximum Gasteiger partial charge on any atom is 0.191 e. The van der Waals surface area contributed by atoms with E-state index in [0.29, 0.717) is 6.04 Å². The van der Waals surface area contributed by atoms with Crippen molar-refractivity contribution in [3.63, 3.8) is 0 Å². The largest absolute Gasteiger partial charge is 0.370 e. The van der Waals surface area contributed by atoms with Gasteiger partial charge in [0.25, 0.3) is 0 Å². The summed E-state index contributed by atoms with van der Waals surface area (Å²) in [5, 5.41) is 0. The van der Waals surface area contributed by atoms with Crippen LogP contribution < -0.4 is 5.73 Å². The lowest BCUT2D eigenvalue weighted by Gasteiger charge is -2.31. The van der Waals surface area contributed by atoms with Gasteiger partial charge in [-0.15, -0.1) is 0 Å². The molecule has 0 amide bonds. The third kappa shape index (κ3) is 4.97. The van der Waals surface area contributed by atoms with Crippen molar-refractivity contribution in [2.24, 2.45) is 10.7 Å². The molecule has 2 rings (SSSR count). The topological polar surface area (TPSA) is 44.9 Å². The first-order chi connectivity index (χ1) is 9.77. The lowest BCUT2D eigenvalue weighted by atomic mass is 9.95. The lowest BCUT2D eigenvalue weighted by Crippen LogP contribution is -2.42. The van der Waals surface area contributed by atoms with E-state index < -0.39 is 0 Å². The first-order valence-corrected chi connectivity index (χ1v) is 8.52. The van der Waals surface area contributed by atoms with Crippen LogP contribution in [0.1, 0.15) is 57.8 Å². The van der Waals surface area contributed by atoms with Crippen LogP contribution >= 0.6 is 0 Å². The summed E-state index contributed by atoms with van der Waals surface area (Å²) in [5.41, 5.74) is 6.12. The van der Waals surface area contributed by atoms with Crippen molar-refractivity contribution in [3.05, 3.63) is 0 Å². The van der Waals surface area contributed by atoms with Crippen LogP contribution in [-0.2, 0) is 0 Å². The molecule has 0 radical (unpaired) electrons. The molecule has 1 aliphatic carbocycles. The maximum absolute atomic E-state index is 6.12. The smallest absolute Gasteiger partial charge is 0.191 e. The Morgan fingerprint density at radius 1 is 1.10 bits per heavy atom. The van der Waals surface area contributed by atoms with Crippen LogP contribution in [0.5, 0.6) is 0 Å². The minimum atomic E-state index is 0.622. The Morgan fingerprint density at radius 2 is 1.80 bits per heavy atom. The van der Waals surface area contributed by atoms with E-state index in [1.165, 1.54) is 71.0 Å². The monoisotopic (exact) mass is 280 g/mol. The molecule has 0 spiro atoms. The molecule has 1 saturated carbocycles. The number of nitrogens with two attached hydrogens (primary N) is 1. The summed E-state index contributed by atoms with van der Waals surface area (Å²) in [7, 11) is 2.11. The third-order valence-corrected chi connectivity index (χ3v) is 4.84. The number of hydrogen-bond acceptors (Lipinski definition) is 2. The molecule has 0 unspecified atom stereocenters. The number of hydrogen-bond donors (Lipinski definition) is 1. The van der Waals surface area contributed by atoms with Crippen LogP contribution in [0.15, 0.2) is 4.99 Å². The molecule has 1 heterocycles. The normalized spacial score (nSPS) is 22.4. The second-order valence-electron chi connectivity index (χ2n) is 6.40. The second kappa shape index (κ2) is 8.50. The number of rotatable bonds is 6. The molecule has 0 aromatic rings. The number of nitrogens with zero attached hydrogens (tertiary/aromatic N) is 3. The first kappa shape index (κ1) is 15.6. The highest BCUT2D eigenvalue weighted by molar-refractivity contribution is 5.78. The van der Waals surface area contributed by atoms with Crippen molar-refractivity contribution in [2.75, 3.05) is 33.2 Å². The van der Waals surface area contributed by atoms with Crippen LogP contribution in [0.25, 0.3) is 0 Å². The standard InChI is InChI=1S/C16H32N4/c1-19(15-9-3-2-4-10-15)16(17)18-11-5-6-12-20-13-7-8-14-20/h15H,2-14H2,1H3,(H2,17,18). The molecule has 4 nitrogen and oxygen atoms in total. The summed E-state index contributed by atoms with van der Waals surface area (Å²) in [6.45, 7) is 4.73. The molecule has 2 N–H and O–H groups in total.